The highest BCUT2D eigenvalue weighted by Gasteiger charge is 2.27. The first-order valence-electron chi connectivity index (χ1n) is 10.3. The first-order chi connectivity index (χ1) is 14.0. The summed E-state index contributed by atoms with van der Waals surface area (Å²) >= 11 is 0. The SMILES string of the molecule is Cc1ccc(-n2ncc(C(=O)Nc3cccc(C)c3C)c2C2CCNCC2)cc1. The van der Waals surface area contributed by atoms with Crippen LogP contribution < -0.4 is 10.6 Å². The lowest BCUT2D eigenvalue weighted by molar-refractivity contribution is 0.102. The standard InChI is InChI=1S/C24H28N4O/c1-16-7-9-20(10-8-16)28-23(19-11-13-25-14-12-19)21(15-26-28)24(29)27-22-6-4-5-17(2)18(22)3/h4-10,15,19,25H,11-14H2,1-3H3,(H,27,29). The van der Waals surface area contributed by atoms with Gasteiger partial charge in [0.25, 0.3) is 5.91 Å². The summed E-state index contributed by atoms with van der Waals surface area (Å²) in [6.45, 7) is 8.09. The van der Waals surface area contributed by atoms with Crippen molar-refractivity contribution in [1.29, 1.82) is 0 Å². The van der Waals surface area contributed by atoms with Gasteiger partial charge in [0.2, 0.25) is 0 Å². The van der Waals surface area contributed by atoms with Crippen LogP contribution in [0.1, 0.15) is 51.5 Å². The summed E-state index contributed by atoms with van der Waals surface area (Å²) in [7, 11) is 0. The van der Waals surface area contributed by atoms with E-state index in [-0.39, 0.29) is 5.91 Å². The van der Waals surface area contributed by atoms with Crippen molar-refractivity contribution in [2.24, 2.45) is 0 Å². The van der Waals surface area contributed by atoms with Gasteiger partial charge in [-0.15, -0.1) is 0 Å². The van der Waals surface area contributed by atoms with Gasteiger partial charge in [-0.1, -0.05) is 29.8 Å². The maximum atomic E-state index is 13.3. The zero-order valence-electron chi connectivity index (χ0n) is 17.3. The van der Waals surface area contributed by atoms with E-state index in [0.29, 0.717) is 11.5 Å². The summed E-state index contributed by atoms with van der Waals surface area (Å²) < 4.78 is 1.95. The van der Waals surface area contributed by atoms with Crippen molar-refractivity contribution >= 4 is 11.6 Å². The van der Waals surface area contributed by atoms with Gasteiger partial charge in [-0.05, 0) is 76.0 Å². The predicted molar refractivity (Wildman–Crippen MR) is 117 cm³/mol. The number of hydrogen-bond acceptors (Lipinski definition) is 3. The second-order valence-corrected chi connectivity index (χ2v) is 7.92. The van der Waals surface area contributed by atoms with E-state index >= 15 is 0 Å². The van der Waals surface area contributed by atoms with E-state index in [1.165, 1.54) is 5.56 Å². The van der Waals surface area contributed by atoms with Gasteiger partial charge in [0.15, 0.2) is 0 Å². The van der Waals surface area contributed by atoms with Crippen LogP contribution in [-0.4, -0.2) is 28.8 Å². The quantitative estimate of drug-likeness (QED) is 0.691. The van der Waals surface area contributed by atoms with Gasteiger partial charge in [0.1, 0.15) is 0 Å². The molecule has 1 fully saturated rings. The Labute approximate surface area is 172 Å². The molecule has 1 aromatic heterocycles. The molecule has 1 aliphatic heterocycles. The van der Waals surface area contributed by atoms with Crippen molar-refractivity contribution in [3.63, 3.8) is 0 Å². The Kier molecular flexibility index (Phi) is 5.49. The number of rotatable bonds is 4. The summed E-state index contributed by atoms with van der Waals surface area (Å²) in [5, 5.41) is 11.2. The van der Waals surface area contributed by atoms with Crippen LogP contribution >= 0.6 is 0 Å². The highest BCUT2D eigenvalue weighted by atomic mass is 16.1. The Morgan fingerprint density at radius 2 is 1.79 bits per heavy atom. The number of carbonyl (C=O) groups is 1. The highest BCUT2D eigenvalue weighted by molar-refractivity contribution is 6.05. The largest absolute Gasteiger partial charge is 0.322 e. The smallest absolute Gasteiger partial charge is 0.259 e. The molecular weight excluding hydrogens is 360 g/mol. The third-order valence-electron chi connectivity index (χ3n) is 5.91. The topological polar surface area (TPSA) is 59.0 Å². The van der Waals surface area contributed by atoms with Gasteiger partial charge in [0.05, 0.1) is 23.1 Å². The van der Waals surface area contributed by atoms with Gasteiger partial charge < -0.3 is 10.6 Å². The summed E-state index contributed by atoms with van der Waals surface area (Å²) in [4.78, 5) is 13.3. The van der Waals surface area contributed by atoms with E-state index in [2.05, 4.69) is 59.9 Å². The summed E-state index contributed by atoms with van der Waals surface area (Å²) in [5.41, 5.74) is 6.99. The number of amides is 1. The molecule has 0 bridgehead atoms. The molecule has 0 unspecified atom stereocenters. The molecule has 4 rings (SSSR count). The number of aromatic nitrogens is 2. The molecule has 1 saturated heterocycles. The average molecular weight is 389 g/mol. The minimum atomic E-state index is -0.0920. The minimum absolute atomic E-state index is 0.0920. The Bertz CT molecular complexity index is 1010. The Morgan fingerprint density at radius 3 is 2.52 bits per heavy atom. The normalized spacial score (nSPS) is 14.7. The first kappa shape index (κ1) is 19.4. The second kappa shape index (κ2) is 8.21. The van der Waals surface area contributed by atoms with Crippen LogP contribution in [-0.2, 0) is 0 Å². The molecule has 2 heterocycles. The maximum Gasteiger partial charge on any atom is 0.259 e. The number of nitrogens with zero attached hydrogens (tertiary/aromatic N) is 2. The van der Waals surface area contributed by atoms with Crippen LogP contribution in [0.3, 0.4) is 0 Å². The number of hydrogen-bond donors (Lipinski definition) is 2. The van der Waals surface area contributed by atoms with Crippen LogP contribution in [0.25, 0.3) is 5.69 Å². The van der Waals surface area contributed by atoms with Crippen LogP contribution in [0.4, 0.5) is 5.69 Å². The lowest BCUT2D eigenvalue weighted by Gasteiger charge is -2.25. The summed E-state index contributed by atoms with van der Waals surface area (Å²) in [6.07, 6.45) is 3.72. The minimum Gasteiger partial charge on any atom is -0.322 e. The molecule has 2 N–H and O–H groups in total. The Hall–Kier alpha value is -2.92. The van der Waals surface area contributed by atoms with Crippen molar-refractivity contribution in [2.75, 3.05) is 18.4 Å². The van der Waals surface area contributed by atoms with Crippen molar-refractivity contribution < 1.29 is 4.79 Å². The van der Waals surface area contributed by atoms with Crippen LogP contribution in [0.2, 0.25) is 0 Å². The summed E-state index contributed by atoms with van der Waals surface area (Å²) in [6, 6.07) is 14.3. The van der Waals surface area contributed by atoms with E-state index in [1.54, 1.807) is 6.20 Å². The molecule has 5 heteroatoms. The average Bonchev–Trinajstić information content (AvgIpc) is 3.18. The van der Waals surface area contributed by atoms with Crippen LogP contribution in [0.5, 0.6) is 0 Å². The van der Waals surface area contributed by atoms with E-state index in [4.69, 9.17) is 0 Å². The fraction of sp³-hybridized carbons (Fsp3) is 0.333. The molecule has 0 atom stereocenters. The fourth-order valence-electron chi connectivity index (χ4n) is 3.99. The molecule has 150 valence electrons. The number of piperidine rings is 1. The second-order valence-electron chi connectivity index (χ2n) is 7.92. The molecular formula is C24H28N4O. The maximum absolute atomic E-state index is 13.3. The molecule has 0 spiro atoms. The van der Waals surface area contributed by atoms with Gasteiger partial charge in [-0.3, -0.25) is 4.79 Å². The molecule has 0 saturated carbocycles. The van der Waals surface area contributed by atoms with Gasteiger partial charge >= 0.3 is 0 Å². The van der Waals surface area contributed by atoms with Crippen LogP contribution in [0, 0.1) is 20.8 Å². The Morgan fingerprint density at radius 1 is 1.07 bits per heavy atom. The third kappa shape index (κ3) is 3.96. The monoisotopic (exact) mass is 388 g/mol. The lowest BCUT2D eigenvalue weighted by Crippen LogP contribution is -2.29. The fourth-order valence-corrected chi connectivity index (χ4v) is 3.99. The van der Waals surface area contributed by atoms with Crippen molar-refractivity contribution in [2.45, 2.75) is 39.5 Å². The van der Waals surface area contributed by atoms with Crippen molar-refractivity contribution in [3.8, 4) is 5.69 Å². The zero-order chi connectivity index (χ0) is 20.4. The van der Waals surface area contributed by atoms with Gasteiger partial charge in [-0.25, -0.2) is 4.68 Å². The summed E-state index contributed by atoms with van der Waals surface area (Å²) in [5.74, 6) is 0.213. The number of anilines is 1. The molecule has 2 aromatic carbocycles. The number of nitrogens with one attached hydrogen (secondary N) is 2. The molecule has 0 radical (unpaired) electrons. The third-order valence-corrected chi connectivity index (χ3v) is 5.91. The first-order valence-corrected chi connectivity index (χ1v) is 10.3. The molecule has 0 aliphatic carbocycles. The number of benzene rings is 2. The zero-order valence-corrected chi connectivity index (χ0v) is 17.3. The van der Waals surface area contributed by atoms with E-state index in [9.17, 15) is 4.79 Å². The van der Waals surface area contributed by atoms with Crippen molar-refractivity contribution in [3.05, 3.63) is 76.6 Å². The van der Waals surface area contributed by atoms with E-state index in [1.807, 2.05) is 23.7 Å². The number of carbonyl (C=O) groups excluding carboxylic acids is 1. The van der Waals surface area contributed by atoms with Crippen molar-refractivity contribution in [1.82, 2.24) is 15.1 Å². The molecule has 3 aromatic rings. The predicted octanol–water partition coefficient (Wildman–Crippen LogP) is 4.52. The Balaban J connectivity index is 1.73. The molecule has 1 amide bonds. The van der Waals surface area contributed by atoms with Gasteiger partial charge in [0, 0.05) is 11.6 Å². The van der Waals surface area contributed by atoms with E-state index in [0.717, 1.165) is 54.1 Å². The van der Waals surface area contributed by atoms with E-state index < -0.39 is 0 Å². The molecule has 1 aliphatic rings. The number of aryl methyl sites for hydroxylation is 2. The molecule has 29 heavy (non-hydrogen) atoms. The van der Waals surface area contributed by atoms with Crippen LogP contribution in [0.15, 0.2) is 48.7 Å². The van der Waals surface area contributed by atoms with Gasteiger partial charge in [-0.2, -0.15) is 5.10 Å². The lowest BCUT2D eigenvalue weighted by atomic mass is 9.91. The molecule has 5 nitrogen and oxygen atoms in total. The highest BCUT2D eigenvalue weighted by Crippen LogP contribution is 2.31.